The van der Waals surface area contributed by atoms with E-state index in [0.717, 1.165) is 12.3 Å². The Morgan fingerprint density at radius 3 is 3.00 bits per heavy atom. The van der Waals surface area contributed by atoms with Gasteiger partial charge in [0, 0.05) is 6.04 Å². The summed E-state index contributed by atoms with van der Waals surface area (Å²) in [7, 11) is 0. The smallest absolute Gasteiger partial charge is 0.00163 e. The van der Waals surface area contributed by atoms with Crippen molar-refractivity contribution in [2.75, 3.05) is 0 Å². The third-order valence-corrected chi connectivity index (χ3v) is 2.91. The molecule has 1 nitrogen and oxygen atoms in total. The molecule has 0 fully saturated rings. The Labute approximate surface area is 80.0 Å². The molecule has 1 aliphatic carbocycles. The Morgan fingerprint density at radius 2 is 2.23 bits per heavy atom. The second kappa shape index (κ2) is 3.51. The maximum atomic E-state index is 5.83. The predicted molar refractivity (Wildman–Crippen MR) is 55.8 cm³/mol. The van der Waals surface area contributed by atoms with Crippen LogP contribution < -0.4 is 5.73 Å². The van der Waals surface area contributed by atoms with Gasteiger partial charge in [0.2, 0.25) is 0 Å². The first-order chi connectivity index (χ1) is 6.27. The van der Waals surface area contributed by atoms with Crippen LogP contribution in [0.25, 0.3) is 0 Å². The van der Waals surface area contributed by atoms with Gasteiger partial charge < -0.3 is 5.73 Å². The van der Waals surface area contributed by atoms with E-state index in [-0.39, 0.29) is 0 Å². The molecule has 0 heterocycles. The van der Waals surface area contributed by atoms with Gasteiger partial charge in [-0.05, 0) is 43.2 Å². The van der Waals surface area contributed by atoms with Crippen molar-refractivity contribution in [3.05, 3.63) is 35.4 Å². The van der Waals surface area contributed by atoms with Crippen LogP contribution in [0, 0.1) is 0 Å². The summed E-state index contributed by atoms with van der Waals surface area (Å²) in [6, 6.07) is 9.10. The van der Waals surface area contributed by atoms with Crippen LogP contribution in [0.4, 0.5) is 0 Å². The van der Waals surface area contributed by atoms with Crippen molar-refractivity contribution in [1.82, 2.24) is 0 Å². The molecule has 2 N–H and O–H groups in total. The summed E-state index contributed by atoms with van der Waals surface area (Å²) in [6.45, 7) is 2.10. The van der Waals surface area contributed by atoms with Crippen molar-refractivity contribution in [2.24, 2.45) is 5.73 Å². The van der Waals surface area contributed by atoms with Gasteiger partial charge in [-0.15, -0.1) is 0 Å². The first-order valence-corrected chi connectivity index (χ1v) is 5.11. The fourth-order valence-corrected chi connectivity index (χ4v) is 2.34. The minimum atomic E-state index is 0.330. The van der Waals surface area contributed by atoms with Gasteiger partial charge in [0.15, 0.2) is 0 Å². The molecule has 0 saturated carbocycles. The van der Waals surface area contributed by atoms with Crippen molar-refractivity contribution < 1.29 is 0 Å². The fourth-order valence-electron chi connectivity index (χ4n) is 2.34. The Morgan fingerprint density at radius 1 is 1.46 bits per heavy atom. The van der Waals surface area contributed by atoms with E-state index < -0.39 is 0 Å². The van der Waals surface area contributed by atoms with Gasteiger partial charge in [0.05, 0.1) is 0 Å². The summed E-state index contributed by atoms with van der Waals surface area (Å²) < 4.78 is 0. The highest BCUT2D eigenvalue weighted by Gasteiger charge is 2.22. The normalized spacial score (nSPS) is 22.8. The molecule has 1 heteroatoms. The first-order valence-electron chi connectivity index (χ1n) is 5.11. The van der Waals surface area contributed by atoms with E-state index in [1.807, 2.05) is 0 Å². The molecular formula is C12H17N. The maximum Gasteiger partial charge on any atom is 0.00163 e. The average molecular weight is 175 g/mol. The quantitative estimate of drug-likeness (QED) is 0.734. The molecule has 1 aromatic rings. The Balaban J connectivity index is 2.18. The molecule has 0 radical (unpaired) electrons. The largest absolute Gasteiger partial charge is 0.328 e. The zero-order chi connectivity index (χ0) is 9.26. The lowest BCUT2D eigenvalue weighted by Crippen LogP contribution is -2.17. The number of aryl methyl sites for hydroxylation is 1. The molecule has 0 amide bonds. The minimum absolute atomic E-state index is 0.330. The van der Waals surface area contributed by atoms with Crippen LogP contribution in [0.3, 0.4) is 0 Å². The summed E-state index contributed by atoms with van der Waals surface area (Å²) >= 11 is 0. The second-order valence-corrected chi connectivity index (χ2v) is 4.15. The molecule has 0 saturated heterocycles. The Kier molecular flexibility index (Phi) is 2.36. The van der Waals surface area contributed by atoms with Crippen molar-refractivity contribution in [3.8, 4) is 0 Å². The lowest BCUT2D eigenvalue weighted by molar-refractivity contribution is 0.550. The van der Waals surface area contributed by atoms with E-state index in [1.165, 1.54) is 18.4 Å². The Bertz CT molecular complexity index is 291. The average Bonchev–Trinajstić information content (AvgIpc) is 2.48. The molecule has 0 bridgehead atoms. The number of nitrogens with two attached hydrogens (primary N) is 1. The lowest BCUT2D eigenvalue weighted by Gasteiger charge is -2.13. The van der Waals surface area contributed by atoms with E-state index in [4.69, 9.17) is 5.73 Å². The number of fused-ring (bicyclic) bond motifs is 1. The van der Waals surface area contributed by atoms with Gasteiger partial charge in [-0.2, -0.15) is 0 Å². The molecule has 13 heavy (non-hydrogen) atoms. The molecule has 2 atom stereocenters. The molecule has 2 rings (SSSR count). The number of rotatable bonds is 2. The molecule has 1 aliphatic rings. The highest BCUT2D eigenvalue weighted by Crippen LogP contribution is 2.35. The summed E-state index contributed by atoms with van der Waals surface area (Å²) in [5.41, 5.74) is 8.91. The third kappa shape index (κ3) is 1.75. The summed E-state index contributed by atoms with van der Waals surface area (Å²) in [4.78, 5) is 0. The van der Waals surface area contributed by atoms with Crippen LogP contribution in [0.1, 0.15) is 36.8 Å². The first kappa shape index (κ1) is 8.76. The minimum Gasteiger partial charge on any atom is -0.328 e. The van der Waals surface area contributed by atoms with Crippen molar-refractivity contribution in [2.45, 2.75) is 38.1 Å². The van der Waals surface area contributed by atoms with Crippen LogP contribution in [0.2, 0.25) is 0 Å². The Hall–Kier alpha value is -0.820. The zero-order valence-corrected chi connectivity index (χ0v) is 8.16. The molecular weight excluding hydrogens is 158 g/mol. The zero-order valence-electron chi connectivity index (χ0n) is 8.16. The van der Waals surface area contributed by atoms with E-state index in [1.54, 1.807) is 5.56 Å². The number of hydrogen-bond donors (Lipinski definition) is 1. The van der Waals surface area contributed by atoms with E-state index in [0.29, 0.717) is 6.04 Å². The maximum absolute atomic E-state index is 5.83. The molecule has 1 aromatic carbocycles. The lowest BCUT2D eigenvalue weighted by atomic mass is 9.95. The molecule has 1 unspecified atom stereocenters. The summed E-state index contributed by atoms with van der Waals surface area (Å²) in [6.07, 6.45) is 3.67. The molecule has 0 aliphatic heterocycles. The van der Waals surface area contributed by atoms with Crippen LogP contribution in [0.5, 0.6) is 0 Å². The van der Waals surface area contributed by atoms with Crippen molar-refractivity contribution in [3.63, 3.8) is 0 Å². The fraction of sp³-hybridized carbons (Fsp3) is 0.500. The van der Waals surface area contributed by atoms with Gasteiger partial charge >= 0.3 is 0 Å². The number of benzene rings is 1. The molecule has 0 aromatic heterocycles. The van der Waals surface area contributed by atoms with E-state index in [9.17, 15) is 0 Å². The number of hydrogen-bond acceptors (Lipinski definition) is 1. The SMILES string of the molecule is C[C@@H](N)CC1CCc2ccccc21. The second-order valence-electron chi connectivity index (χ2n) is 4.15. The highest BCUT2D eigenvalue weighted by molar-refractivity contribution is 5.34. The summed E-state index contributed by atoms with van der Waals surface area (Å²) in [5, 5.41) is 0. The van der Waals surface area contributed by atoms with Crippen LogP contribution in [0.15, 0.2) is 24.3 Å². The predicted octanol–water partition coefficient (Wildman–Crippen LogP) is 2.45. The standard InChI is InChI=1S/C12H17N/c1-9(13)8-11-7-6-10-4-2-3-5-12(10)11/h2-5,9,11H,6-8,13H2,1H3/t9-,11?/m1/s1. The van der Waals surface area contributed by atoms with Gasteiger partial charge in [-0.3, -0.25) is 0 Å². The molecule has 0 spiro atoms. The van der Waals surface area contributed by atoms with Crippen LogP contribution in [-0.4, -0.2) is 6.04 Å². The highest BCUT2D eigenvalue weighted by atomic mass is 14.6. The molecule has 70 valence electrons. The van der Waals surface area contributed by atoms with Crippen LogP contribution in [-0.2, 0) is 6.42 Å². The van der Waals surface area contributed by atoms with Gasteiger partial charge in [-0.1, -0.05) is 24.3 Å². The van der Waals surface area contributed by atoms with Gasteiger partial charge in [-0.25, -0.2) is 0 Å². The topological polar surface area (TPSA) is 26.0 Å². The van der Waals surface area contributed by atoms with Crippen molar-refractivity contribution in [1.29, 1.82) is 0 Å². The van der Waals surface area contributed by atoms with Crippen molar-refractivity contribution >= 4 is 0 Å². The van der Waals surface area contributed by atoms with Gasteiger partial charge in [0.25, 0.3) is 0 Å². The van der Waals surface area contributed by atoms with E-state index >= 15 is 0 Å². The third-order valence-electron chi connectivity index (χ3n) is 2.91. The summed E-state index contributed by atoms with van der Waals surface area (Å²) in [5.74, 6) is 0.719. The van der Waals surface area contributed by atoms with Crippen LogP contribution >= 0.6 is 0 Å². The van der Waals surface area contributed by atoms with E-state index in [2.05, 4.69) is 31.2 Å². The monoisotopic (exact) mass is 175 g/mol. The van der Waals surface area contributed by atoms with Gasteiger partial charge in [0.1, 0.15) is 0 Å².